The molecule has 0 radical (unpaired) electrons. The second kappa shape index (κ2) is 16.2. The SMILES string of the molecule is CC.CC(=O)c1ccnc(CNC(C)C)c1.CC(C)NCc1cc(C(=O)C(C)C)ccn1. The van der Waals surface area contributed by atoms with Crippen molar-refractivity contribution in [1.29, 1.82) is 0 Å². The Labute approximate surface area is 194 Å². The molecule has 0 unspecified atom stereocenters. The van der Waals surface area contributed by atoms with E-state index in [1.165, 1.54) is 0 Å². The number of pyridine rings is 2. The van der Waals surface area contributed by atoms with E-state index in [-0.39, 0.29) is 17.5 Å². The highest BCUT2D eigenvalue weighted by Gasteiger charge is 2.11. The molecule has 6 heteroatoms. The second-order valence-electron chi connectivity index (χ2n) is 8.22. The van der Waals surface area contributed by atoms with E-state index < -0.39 is 0 Å². The van der Waals surface area contributed by atoms with Gasteiger partial charge in [-0.05, 0) is 31.2 Å². The average molecular weight is 443 g/mol. The van der Waals surface area contributed by atoms with Gasteiger partial charge >= 0.3 is 0 Å². The predicted molar refractivity (Wildman–Crippen MR) is 133 cm³/mol. The highest BCUT2D eigenvalue weighted by molar-refractivity contribution is 5.97. The summed E-state index contributed by atoms with van der Waals surface area (Å²) in [6.07, 6.45) is 3.38. The van der Waals surface area contributed by atoms with Crippen molar-refractivity contribution in [2.75, 3.05) is 0 Å². The first-order valence-electron chi connectivity index (χ1n) is 11.5. The Kier molecular flexibility index (Phi) is 15.0. The Morgan fingerprint density at radius 1 is 0.781 bits per heavy atom. The number of hydrogen-bond acceptors (Lipinski definition) is 6. The number of carbonyl (C=O) groups is 2. The molecular formula is C26H42N4O2. The zero-order chi connectivity index (χ0) is 24.7. The summed E-state index contributed by atoms with van der Waals surface area (Å²) in [7, 11) is 0. The molecule has 0 aliphatic carbocycles. The zero-order valence-corrected chi connectivity index (χ0v) is 21.3. The van der Waals surface area contributed by atoms with Crippen LogP contribution in [0.2, 0.25) is 0 Å². The molecule has 2 heterocycles. The topological polar surface area (TPSA) is 84.0 Å². The maximum absolute atomic E-state index is 11.8. The standard InChI is InChI=1S/C13H20N2O.C11H16N2O.C2H6/c1-9(2)13(16)11-5-6-14-12(7-11)8-15-10(3)4;1-8(2)13-7-11-6-10(9(3)14)4-5-12-11;1-2/h5-7,9-10,15H,8H2,1-4H3;4-6,8,13H,7H2,1-3H3;1-2H3. The van der Waals surface area contributed by atoms with Gasteiger partial charge in [-0.3, -0.25) is 19.6 Å². The summed E-state index contributed by atoms with van der Waals surface area (Å²) in [5.41, 5.74) is 3.30. The van der Waals surface area contributed by atoms with Gasteiger partial charge in [0.1, 0.15) is 0 Å². The van der Waals surface area contributed by atoms with Gasteiger partial charge in [-0.1, -0.05) is 55.4 Å². The predicted octanol–water partition coefficient (Wildman–Crippen LogP) is 5.23. The van der Waals surface area contributed by atoms with Crippen LogP contribution in [0, 0.1) is 5.92 Å². The smallest absolute Gasteiger partial charge is 0.165 e. The molecule has 32 heavy (non-hydrogen) atoms. The Balaban J connectivity index is 0.000000561. The fraction of sp³-hybridized carbons (Fsp3) is 0.538. The van der Waals surface area contributed by atoms with Crippen molar-refractivity contribution in [2.45, 2.75) is 87.5 Å². The summed E-state index contributed by atoms with van der Waals surface area (Å²) in [5, 5.41) is 6.54. The third-order valence-electron chi connectivity index (χ3n) is 4.23. The molecule has 0 atom stereocenters. The number of hydrogen-bond donors (Lipinski definition) is 2. The van der Waals surface area contributed by atoms with E-state index in [0.717, 1.165) is 22.5 Å². The van der Waals surface area contributed by atoms with Crippen LogP contribution in [0.1, 0.15) is 94.4 Å². The molecule has 0 aliphatic rings. The molecule has 2 aromatic rings. The van der Waals surface area contributed by atoms with Gasteiger partial charge in [-0.25, -0.2) is 0 Å². The van der Waals surface area contributed by atoms with E-state index >= 15 is 0 Å². The molecule has 0 amide bonds. The number of rotatable bonds is 9. The van der Waals surface area contributed by atoms with Gasteiger partial charge in [0.15, 0.2) is 11.6 Å². The Morgan fingerprint density at radius 3 is 1.56 bits per heavy atom. The van der Waals surface area contributed by atoms with E-state index in [2.05, 4.69) is 48.3 Å². The first-order chi connectivity index (χ1) is 15.1. The lowest BCUT2D eigenvalue weighted by Crippen LogP contribution is -2.22. The van der Waals surface area contributed by atoms with Crippen LogP contribution in [0.4, 0.5) is 0 Å². The number of ketones is 2. The van der Waals surface area contributed by atoms with Crippen LogP contribution < -0.4 is 10.6 Å². The van der Waals surface area contributed by atoms with Crippen molar-refractivity contribution in [3.63, 3.8) is 0 Å². The number of carbonyl (C=O) groups excluding carboxylic acids is 2. The van der Waals surface area contributed by atoms with Gasteiger partial charge in [0.2, 0.25) is 0 Å². The monoisotopic (exact) mass is 442 g/mol. The molecule has 0 saturated carbocycles. The third kappa shape index (κ3) is 12.4. The van der Waals surface area contributed by atoms with E-state index in [9.17, 15) is 9.59 Å². The maximum atomic E-state index is 11.8. The van der Waals surface area contributed by atoms with Crippen LogP contribution in [-0.4, -0.2) is 33.6 Å². The average Bonchev–Trinajstić information content (AvgIpc) is 2.78. The number of Topliss-reactive ketones (excluding diaryl/α,β-unsaturated/α-hetero) is 2. The highest BCUT2D eigenvalue weighted by atomic mass is 16.1. The van der Waals surface area contributed by atoms with Crippen molar-refractivity contribution < 1.29 is 9.59 Å². The highest BCUT2D eigenvalue weighted by Crippen LogP contribution is 2.09. The third-order valence-corrected chi connectivity index (χ3v) is 4.23. The number of nitrogens with one attached hydrogen (secondary N) is 2. The molecule has 0 aromatic carbocycles. The van der Waals surface area contributed by atoms with E-state index in [4.69, 9.17) is 0 Å². The Hall–Kier alpha value is -2.44. The summed E-state index contributed by atoms with van der Waals surface area (Å²) in [6.45, 7) is 19.1. The molecule has 0 fully saturated rings. The molecule has 6 nitrogen and oxygen atoms in total. The Bertz CT molecular complexity index is 817. The van der Waals surface area contributed by atoms with Crippen molar-refractivity contribution in [3.05, 3.63) is 59.2 Å². The molecule has 0 aliphatic heterocycles. The summed E-state index contributed by atoms with van der Waals surface area (Å²) in [5.74, 6) is 0.291. The lowest BCUT2D eigenvalue weighted by Gasteiger charge is -2.09. The van der Waals surface area contributed by atoms with Crippen LogP contribution >= 0.6 is 0 Å². The van der Waals surface area contributed by atoms with Crippen molar-refractivity contribution in [1.82, 2.24) is 20.6 Å². The fourth-order valence-electron chi connectivity index (χ4n) is 2.47. The minimum atomic E-state index is 0.0355. The Morgan fingerprint density at radius 2 is 1.19 bits per heavy atom. The zero-order valence-electron chi connectivity index (χ0n) is 21.3. The van der Waals surface area contributed by atoms with Gasteiger partial charge in [0.05, 0.1) is 11.4 Å². The first kappa shape index (κ1) is 29.6. The molecule has 0 spiro atoms. The summed E-state index contributed by atoms with van der Waals surface area (Å²) < 4.78 is 0. The summed E-state index contributed by atoms with van der Waals surface area (Å²) >= 11 is 0. The van der Waals surface area contributed by atoms with Gasteiger partial charge in [0.25, 0.3) is 0 Å². The second-order valence-corrected chi connectivity index (χ2v) is 8.22. The molecule has 0 bridgehead atoms. The maximum Gasteiger partial charge on any atom is 0.165 e. The first-order valence-corrected chi connectivity index (χ1v) is 11.5. The fourth-order valence-corrected chi connectivity index (χ4v) is 2.47. The molecule has 2 aromatic heterocycles. The van der Waals surface area contributed by atoms with E-state index in [0.29, 0.717) is 25.2 Å². The van der Waals surface area contributed by atoms with E-state index in [1.54, 1.807) is 31.5 Å². The largest absolute Gasteiger partial charge is 0.309 e. The summed E-state index contributed by atoms with van der Waals surface area (Å²) in [6, 6.07) is 8.07. The van der Waals surface area contributed by atoms with Crippen LogP contribution in [0.5, 0.6) is 0 Å². The molecule has 0 saturated heterocycles. The van der Waals surface area contributed by atoms with Crippen molar-refractivity contribution in [2.24, 2.45) is 5.92 Å². The minimum Gasteiger partial charge on any atom is -0.309 e. The molecule has 178 valence electrons. The van der Waals surface area contributed by atoms with Gasteiger partial charge in [-0.15, -0.1) is 0 Å². The molecule has 2 N–H and O–H groups in total. The lowest BCUT2D eigenvalue weighted by molar-refractivity contribution is 0.0938. The van der Waals surface area contributed by atoms with Gasteiger partial charge in [-0.2, -0.15) is 0 Å². The number of aromatic nitrogens is 2. The van der Waals surface area contributed by atoms with Crippen LogP contribution in [0.15, 0.2) is 36.7 Å². The van der Waals surface area contributed by atoms with Gasteiger partial charge in [0, 0.05) is 54.6 Å². The lowest BCUT2D eigenvalue weighted by atomic mass is 10.0. The quantitative estimate of drug-likeness (QED) is 0.518. The number of nitrogens with zero attached hydrogens (tertiary/aromatic N) is 2. The van der Waals surface area contributed by atoms with E-state index in [1.807, 2.05) is 39.8 Å². The molecule has 2 rings (SSSR count). The van der Waals surface area contributed by atoms with Crippen molar-refractivity contribution in [3.8, 4) is 0 Å². The van der Waals surface area contributed by atoms with Gasteiger partial charge < -0.3 is 10.6 Å². The van der Waals surface area contributed by atoms with Crippen LogP contribution in [0.25, 0.3) is 0 Å². The summed E-state index contributed by atoms with van der Waals surface area (Å²) in [4.78, 5) is 31.3. The minimum absolute atomic E-state index is 0.0355. The normalized spacial score (nSPS) is 10.4. The van der Waals surface area contributed by atoms with Crippen LogP contribution in [-0.2, 0) is 13.1 Å². The molecular weight excluding hydrogens is 400 g/mol. The van der Waals surface area contributed by atoms with Crippen LogP contribution in [0.3, 0.4) is 0 Å². The van der Waals surface area contributed by atoms with Crippen molar-refractivity contribution >= 4 is 11.6 Å².